The van der Waals surface area contributed by atoms with Gasteiger partial charge in [-0.25, -0.2) is 0 Å². The summed E-state index contributed by atoms with van der Waals surface area (Å²) in [5.74, 6) is 0.115. The third kappa shape index (κ3) is 3.17. The number of piperidine rings is 1. The van der Waals surface area contributed by atoms with Gasteiger partial charge in [-0.2, -0.15) is 0 Å². The monoisotopic (exact) mass is 183 g/mol. The minimum atomic E-state index is 0.0207. The van der Waals surface area contributed by atoms with Crippen LogP contribution in [0.5, 0.6) is 0 Å². The lowest BCUT2D eigenvalue weighted by Crippen LogP contribution is -2.39. The Bertz CT molecular complexity index is 201. The maximum Gasteiger partial charge on any atom is 0.230 e. The predicted octanol–water partition coefficient (Wildman–Crippen LogP) is 1.37. The van der Waals surface area contributed by atoms with Gasteiger partial charge in [0.15, 0.2) is 0 Å². The number of Topliss-reactive ketones (excluding diaryl/α,β-unsaturated/α-hetero) is 1. The first-order valence-electron chi connectivity index (χ1n) is 5.03. The molecule has 74 valence electrons. The van der Waals surface area contributed by atoms with Crippen molar-refractivity contribution in [2.45, 2.75) is 39.0 Å². The molecule has 1 aliphatic rings. The van der Waals surface area contributed by atoms with Gasteiger partial charge in [-0.15, -0.1) is 0 Å². The molecule has 1 amide bonds. The minimum absolute atomic E-state index is 0.0207. The fourth-order valence-electron chi connectivity index (χ4n) is 1.54. The first kappa shape index (κ1) is 10.2. The van der Waals surface area contributed by atoms with Crippen molar-refractivity contribution in [2.75, 3.05) is 13.1 Å². The highest BCUT2D eigenvalue weighted by Gasteiger charge is 2.22. The highest BCUT2D eigenvalue weighted by atomic mass is 16.2. The third-order valence-corrected chi connectivity index (χ3v) is 2.39. The van der Waals surface area contributed by atoms with E-state index in [0.717, 1.165) is 19.4 Å². The summed E-state index contributed by atoms with van der Waals surface area (Å²) in [7, 11) is 0. The van der Waals surface area contributed by atoms with Crippen LogP contribution < -0.4 is 0 Å². The second-order valence-corrected chi connectivity index (χ2v) is 3.55. The number of hydrogen-bond acceptors (Lipinski definition) is 2. The summed E-state index contributed by atoms with van der Waals surface area (Å²) < 4.78 is 0. The Morgan fingerprint density at radius 2 is 2.08 bits per heavy atom. The van der Waals surface area contributed by atoms with Gasteiger partial charge in [0.1, 0.15) is 5.78 Å². The van der Waals surface area contributed by atoms with Gasteiger partial charge in [-0.05, 0) is 6.42 Å². The van der Waals surface area contributed by atoms with Crippen molar-refractivity contribution in [1.82, 2.24) is 4.90 Å². The van der Waals surface area contributed by atoms with Gasteiger partial charge in [-0.1, -0.05) is 19.8 Å². The number of carbonyl (C=O) groups excluding carboxylic acids is 2. The van der Waals surface area contributed by atoms with Crippen molar-refractivity contribution < 1.29 is 9.59 Å². The molecule has 13 heavy (non-hydrogen) atoms. The fraction of sp³-hybridized carbons (Fsp3) is 0.800. The second-order valence-electron chi connectivity index (χ2n) is 3.55. The number of nitrogens with zero attached hydrogens (tertiary/aromatic N) is 1. The Labute approximate surface area is 79.1 Å². The highest BCUT2D eigenvalue weighted by Crippen LogP contribution is 2.08. The van der Waals surface area contributed by atoms with Crippen LogP contribution in [0.15, 0.2) is 0 Å². The van der Waals surface area contributed by atoms with E-state index in [9.17, 15) is 9.59 Å². The van der Waals surface area contributed by atoms with Crippen LogP contribution in [0.25, 0.3) is 0 Å². The average Bonchev–Trinajstić information content (AvgIpc) is 2.09. The number of carbonyl (C=O) groups is 2. The van der Waals surface area contributed by atoms with Crippen LogP contribution in [0.2, 0.25) is 0 Å². The molecular weight excluding hydrogens is 166 g/mol. The first-order chi connectivity index (χ1) is 6.24. The number of ketones is 1. The fourth-order valence-corrected chi connectivity index (χ4v) is 1.54. The third-order valence-electron chi connectivity index (χ3n) is 2.39. The van der Waals surface area contributed by atoms with Crippen LogP contribution >= 0.6 is 0 Å². The molecule has 0 radical (unpaired) electrons. The summed E-state index contributed by atoms with van der Waals surface area (Å²) in [6, 6.07) is 0. The van der Waals surface area contributed by atoms with Crippen LogP contribution in [-0.2, 0) is 9.59 Å². The molecular formula is C10H17NO2. The summed E-state index contributed by atoms with van der Waals surface area (Å²) in [5, 5.41) is 0. The first-order valence-corrected chi connectivity index (χ1v) is 5.03. The van der Waals surface area contributed by atoms with Crippen molar-refractivity contribution in [2.24, 2.45) is 0 Å². The maximum atomic E-state index is 11.3. The summed E-state index contributed by atoms with van der Waals surface area (Å²) >= 11 is 0. The minimum Gasteiger partial charge on any atom is -0.342 e. The van der Waals surface area contributed by atoms with Gasteiger partial charge >= 0.3 is 0 Å². The number of hydrogen-bond donors (Lipinski definition) is 0. The molecule has 1 saturated heterocycles. The standard InChI is InChI=1S/C10H17NO2/c1-2-3-4-6-11-7-5-9(12)8-10(11)13/h2-8H2,1H3. The molecule has 3 heteroatoms. The van der Waals surface area contributed by atoms with Crippen LogP contribution in [0.3, 0.4) is 0 Å². The van der Waals surface area contributed by atoms with E-state index in [1.807, 2.05) is 4.90 Å². The number of amides is 1. The zero-order valence-electron chi connectivity index (χ0n) is 8.21. The maximum absolute atomic E-state index is 11.3. The van der Waals surface area contributed by atoms with E-state index in [0.29, 0.717) is 13.0 Å². The van der Waals surface area contributed by atoms with E-state index >= 15 is 0 Å². The smallest absolute Gasteiger partial charge is 0.230 e. The van der Waals surface area contributed by atoms with Gasteiger partial charge in [0.2, 0.25) is 5.91 Å². The van der Waals surface area contributed by atoms with Crippen molar-refractivity contribution in [3.63, 3.8) is 0 Å². The summed E-state index contributed by atoms with van der Waals surface area (Å²) in [4.78, 5) is 24.0. The Kier molecular flexibility index (Phi) is 3.93. The average molecular weight is 183 g/mol. The SMILES string of the molecule is CCCCCN1CCC(=O)CC1=O. The molecule has 0 saturated carbocycles. The van der Waals surface area contributed by atoms with Crippen molar-refractivity contribution in [1.29, 1.82) is 0 Å². The van der Waals surface area contributed by atoms with Crippen molar-refractivity contribution >= 4 is 11.7 Å². The Morgan fingerprint density at radius 3 is 2.69 bits per heavy atom. The lowest BCUT2D eigenvalue weighted by molar-refractivity contribution is -0.139. The Morgan fingerprint density at radius 1 is 1.31 bits per heavy atom. The molecule has 0 aromatic carbocycles. The summed E-state index contributed by atoms with van der Waals surface area (Å²) in [6.07, 6.45) is 4.08. The van der Waals surface area contributed by atoms with Gasteiger partial charge in [-0.3, -0.25) is 9.59 Å². The largest absolute Gasteiger partial charge is 0.342 e. The van der Waals surface area contributed by atoms with E-state index in [1.54, 1.807) is 0 Å². The Hall–Kier alpha value is -0.860. The molecule has 1 rings (SSSR count). The van der Waals surface area contributed by atoms with E-state index in [1.165, 1.54) is 6.42 Å². The van der Waals surface area contributed by atoms with E-state index in [-0.39, 0.29) is 18.1 Å². The van der Waals surface area contributed by atoms with Crippen LogP contribution in [-0.4, -0.2) is 29.7 Å². The molecule has 0 spiro atoms. The molecule has 0 aromatic heterocycles. The van der Waals surface area contributed by atoms with Gasteiger partial charge in [0.25, 0.3) is 0 Å². The molecule has 0 aliphatic carbocycles. The van der Waals surface area contributed by atoms with E-state index in [4.69, 9.17) is 0 Å². The number of unbranched alkanes of at least 4 members (excludes halogenated alkanes) is 2. The zero-order chi connectivity index (χ0) is 9.68. The van der Waals surface area contributed by atoms with Gasteiger partial charge in [0, 0.05) is 19.5 Å². The van der Waals surface area contributed by atoms with Crippen LogP contribution in [0.4, 0.5) is 0 Å². The molecule has 0 atom stereocenters. The van der Waals surface area contributed by atoms with Crippen molar-refractivity contribution in [3.05, 3.63) is 0 Å². The van der Waals surface area contributed by atoms with Crippen molar-refractivity contribution in [3.8, 4) is 0 Å². The molecule has 0 aromatic rings. The molecule has 1 aliphatic heterocycles. The van der Waals surface area contributed by atoms with Crippen LogP contribution in [0.1, 0.15) is 39.0 Å². The molecule has 0 bridgehead atoms. The number of rotatable bonds is 4. The topological polar surface area (TPSA) is 37.4 Å². The lowest BCUT2D eigenvalue weighted by Gasteiger charge is -2.25. The number of likely N-dealkylation sites (tertiary alicyclic amines) is 1. The molecule has 3 nitrogen and oxygen atoms in total. The Balaban J connectivity index is 2.26. The summed E-state index contributed by atoms with van der Waals surface area (Å²) in [5.41, 5.74) is 0. The van der Waals surface area contributed by atoms with E-state index in [2.05, 4.69) is 6.92 Å². The second kappa shape index (κ2) is 5.00. The molecule has 0 unspecified atom stereocenters. The van der Waals surface area contributed by atoms with Gasteiger partial charge < -0.3 is 4.90 Å². The molecule has 0 N–H and O–H groups in total. The zero-order valence-corrected chi connectivity index (χ0v) is 8.21. The molecule has 1 fully saturated rings. The van der Waals surface area contributed by atoms with E-state index < -0.39 is 0 Å². The van der Waals surface area contributed by atoms with Crippen LogP contribution in [0, 0.1) is 0 Å². The van der Waals surface area contributed by atoms with Gasteiger partial charge in [0.05, 0.1) is 6.42 Å². The summed E-state index contributed by atoms with van der Waals surface area (Å²) in [6.45, 7) is 3.61. The molecule has 1 heterocycles. The normalized spacial score (nSPS) is 18.1. The highest BCUT2D eigenvalue weighted by molar-refractivity contribution is 6.00. The lowest BCUT2D eigenvalue weighted by atomic mass is 10.1. The quantitative estimate of drug-likeness (QED) is 0.487. The predicted molar refractivity (Wildman–Crippen MR) is 50.3 cm³/mol.